The summed E-state index contributed by atoms with van der Waals surface area (Å²) in [7, 11) is 0. The number of alkyl halides is 3. The van der Waals surface area contributed by atoms with E-state index in [4.69, 9.17) is 5.73 Å². The average Bonchev–Trinajstić information content (AvgIpc) is 2.42. The van der Waals surface area contributed by atoms with Crippen LogP contribution in [0.15, 0.2) is 42.5 Å². The van der Waals surface area contributed by atoms with Gasteiger partial charge < -0.3 is 10.6 Å². The van der Waals surface area contributed by atoms with Crippen molar-refractivity contribution < 1.29 is 13.2 Å². The maximum Gasteiger partial charge on any atom is 0.409 e. The van der Waals surface area contributed by atoms with Gasteiger partial charge in [-0.15, -0.1) is 0 Å². The van der Waals surface area contributed by atoms with E-state index in [1.165, 1.54) is 4.90 Å². The summed E-state index contributed by atoms with van der Waals surface area (Å²) in [6.07, 6.45) is -4.35. The van der Waals surface area contributed by atoms with Gasteiger partial charge in [-0.2, -0.15) is 13.2 Å². The number of nitrogens with two attached hydrogens (primary N) is 1. The Balaban J connectivity index is 2.54. The molecule has 2 aromatic rings. The summed E-state index contributed by atoms with van der Waals surface area (Å²) in [5, 5.41) is 1.72. The summed E-state index contributed by atoms with van der Waals surface area (Å²) in [5.74, 6) is 0. The second-order valence-corrected chi connectivity index (χ2v) is 4.58. The highest BCUT2D eigenvalue weighted by atomic mass is 19.4. The number of hydrogen-bond donors (Lipinski definition) is 1. The lowest BCUT2D eigenvalue weighted by molar-refractivity contribution is -0.146. The Morgan fingerprint density at radius 1 is 1.10 bits per heavy atom. The summed E-state index contributed by atoms with van der Waals surface area (Å²) in [5.41, 5.74) is 5.92. The molecule has 2 rings (SSSR count). The van der Waals surface area contributed by atoms with E-state index in [-0.39, 0.29) is 6.54 Å². The fourth-order valence-electron chi connectivity index (χ4n) is 2.45. The predicted molar refractivity (Wildman–Crippen MR) is 75.9 cm³/mol. The molecule has 2 N–H and O–H groups in total. The Labute approximate surface area is 116 Å². The molecule has 0 aliphatic rings. The van der Waals surface area contributed by atoms with Gasteiger partial charge in [0.2, 0.25) is 0 Å². The molecule has 2 aromatic carbocycles. The van der Waals surface area contributed by atoms with E-state index in [1.807, 2.05) is 30.3 Å². The highest BCUT2D eigenvalue weighted by Crippen LogP contribution is 2.32. The van der Waals surface area contributed by atoms with E-state index in [0.29, 0.717) is 5.69 Å². The lowest BCUT2D eigenvalue weighted by atomic mass is 10.1. The summed E-state index contributed by atoms with van der Waals surface area (Å²) in [6.45, 7) is 1.49. The van der Waals surface area contributed by atoms with Crippen LogP contribution in [0.3, 0.4) is 0 Å². The summed E-state index contributed by atoms with van der Waals surface area (Å²) >= 11 is 0. The van der Waals surface area contributed by atoms with E-state index in [0.717, 1.165) is 10.8 Å². The van der Waals surface area contributed by atoms with Gasteiger partial charge in [-0.05, 0) is 18.4 Å². The van der Waals surface area contributed by atoms with Crippen molar-refractivity contribution in [2.75, 3.05) is 18.0 Å². The number of halogens is 3. The molecule has 0 spiro atoms. The molecule has 0 aromatic heterocycles. The van der Waals surface area contributed by atoms with Gasteiger partial charge in [0.15, 0.2) is 0 Å². The van der Waals surface area contributed by atoms with Crippen molar-refractivity contribution in [1.29, 1.82) is 0 Å². The Bertz CT molecular complexity index is 575. The first-order valence-corrected chi connectivity index (χ1v) is 6.50. The number of rotatable bonds is 4. The van der Waals surface area contributed by atoms with Crippen LogP contribution in [0, 0.1) is 0 Å². The summed E-state index contributed by atoms with van der Waals surface area (Å²) in [6, 6.07) is 11.1. The van der Waals surface area contributed by atoms with Gasteiger partial charge in [0.1, 0.15) is 6.04 Å². The van der Waals surface area contributed by atoms with Gasteiger partial charge in [-0.25, -0.2) is 0 Å². The molecular formula is C15H17F3N2. The maximum absolute atomic E-state index is 13.1. The number of likely N-dealkylation sites (N-methyl/N-ethyl adjacent to an activating group) is 1. The molecule has 0 aliphatic heterocycles. The van der Waals surface area contributed by atoms with Crippen molar-refractivity contribution >= 4 is 16.5 Å². The van der Waals surface area contributed by atoms with E-state index in [1.54, 1.807) is 19.1 Å². The summed E-state index contributed by atoms with van der Waals surface area (Å²) < 4.78 is 39.4. The molecule has 0 fully saturated rings. The van der Waals surface area contributed by atoms with Crippen molar-refractivity contribution in [2.45, 2.75) is 19.1 Å². The van der Waals surface area contributed by atoms with Gasteiger partial charge in [0.05, 0.1) is 0 Å². The third-order valence-corrected chi connectivity index (χ3v) is 3.39. The zero-order valence-electron chi connectivity index (χ0n) is 11.2. The molecule has 0 aliphatic carbocycles. The number of nitrogens with zero attached hydrogens (tertiary/aromatic N) is 1. The van der Waals surface area contributed by atoms with E-state index in [9.17, 15) is 13.2 Å². The molecule has 0 radical (unpaired) electrons. The highest BCUT2D eigenvalue weighted by Gasteiger charge is 2.42. The molecule has 2 nitrogen and oxygen atoms in total. The first-order chi connectivity index (χ1) is 9.49. The van der Waals surface area contributed by atoms with Gasteiger partial charge >= 0.3 is 6.18 Å². The van der Waals surface area contributed by atoms with Crippen LogP contribution in [-0.2, 0) is 0 Å². The van der Waals surface area contributed by atoms with Crippen molar-refractivity contribution in [3.8, 4) is 0 Å². The van der Waals surface area contributed by atoms with Crippen molar-refractivity contribution in [3.05, 3.63) is 42.5 Å². The molecule has 0 bridgehead atoms. The molecular weight excluding hydrogens is 265 g/mol. The van der Waals surface area contributed by atoms with Crippen molar-refractivity contribution in [3.63, 3.8) is 0 Å². The van der Waals surface area contributed by atoms with Gasteiger partial charge in [0, 0.05) is 24.2 Å². The maximum atomic E-state index is 13.1. The van der Waals surface area contributed by atoms with Crippen molar-refractivity contribution in [1.82, 2.24) is 0 Å². The fourth-order valence-corrected chi connectivity index (χ4v) is 2.45. The topological polar surface area (TPSA) is 29.3 Å². The minimum atomic E-state index is -4.35. The number of hydrogen-bond acceptors (Lipinski definition) is 2. The zero-order chi connectivity index (χ0) is 14.8. The predicted octanol–water partition coefficient (Wildman–Crippen LogP) is 3.56. The molecule has 0 saturated heterocycles. The largest absolute Gasteiger partial charge is 0.409 e. The SMILES string of the molecule is CCN(c1cccc2ccccc12)C(CN)C(F)(F)F. The second kappa shape index (κ2) is 5.71. The Kier molecular flexibility index (Phi) is 4.18. The smallest absolute Gasteiger partial charge is 0.359 e. The van der Waals surface area contributed by atoms with Crippen LogP contribution in [0.2, 0.25) is 0 Å². The molecule has 108 valence electrons. The number of benzene rings is 2. The number of fused-ring (bicyclic) bond motifs is 1. The first-order valence-electron chi connectivity index (χ1n) is 6.50. The van der Waals surface area contributed by atoms with Crippen LogP contribution >= 0.6 is 0 Å². The van der Waals surface area contributed by atoms with Gasteiger partial charge in [-0.1, -0.05) is 36.4 Å². The lowest BCUT2D eigenvalue weighted by Crippen LogP contribution is -2.50. The Morgan fingerprint density at radius 2 is 1.75 bits per heavy atom. The van der Waals surface area contributed by atoms with Crippen molar-refractivity contribution in [2.24, 2.45) is 5.73 Å². The zero-order valence-corrected chi connectivity index (χ0v) is 11.2. The molecule has 5 heteroatoms. The molecule has 0 heterocycles. The van der Waals surface area contributed by atoms with Gasteiger partial charge in [0.25, 0.3) is 0 Å². The number of anilines is 1. The van der Waals surface area contributed by atoms with Crippen LogP contribution in [-0.4, -0.2) is 25.3 Å². The third-order valence-electron chi connectivity index (χ3n) is 3.39. The minimum absolute atomic E-state index is 0.245. The normalized spacial score (nSPS) is 13.4. The second-order valence-electron chi connectivity index (χ2n) is 4.58. The van der Waals surface area contributed by atoms with Crippen LogP contribution in [0.25, 0.3) is 10.8 Å². The molecule has 0 amide bonds. The monoisotopic (exact) mass is 282 g/mol. The van der Waals surface area contributed by atoms with Crippen LogP contribution < -0.4 is 10.6 Å². The molecule has 1 unspecified atom stereocenters. The fraction of sp³-hybridized carbons (Fsp3) is 0.333. The Hall–Kier alpha value is -1.75. The van der Waals surface area contributed by atoms with E-state index < -0.39 is 18.8 Å². The lowest BCUT2D eigenvalue weighted by Gasteiger charge is -2.34. The average molecular weight is 282 g/mol. The molecule has 1 atom stereocenters. The summed E-state index contributed by atoms with van der Waals surface area (Å²) in [4.78, 5) is 1.32. The minimum Gasteiger partial charge on any atom is -0.359 e. The van der Waals surface area contributed by atoms with E-state index >= 15 is 0 Å². The highest BCUT2D eigenvalue weighted by molar-refractivity contribution is 5.94. The molecule has 0 saturated carbocycles. The van der Waals surface area contributed by atoms with Gasteiger partial charge in [-0.3, -0.25) is 0 Å². The standard InChI is InChI=1S/C15H17F3N2/c1-2-20(14(10-19)15(16,17)18)13-9-5-7-11-6-3-4-8-12(11)13/h3-9,14H,2,10,19H2,1H3. The first kappa shape index (κ1) is 14.7. The van der Waals surface area contributed by atoms with Crippen LogP contribution in [0.1, 0.15) is 6.92 Å². The Morgan fingerprint density at radius 3 is 2.35 bits per heavy atom. The molecule has 20 heavy (non-hydrogen) atoms. The van der Waals surface area contributed by atoms with Crippen LogP contribution in [0.5, 0.6) is 0 Å². The third kappa shape index (κ3) is 2.72. The quantitative estimate of drug-likeness (QED) is 0.929. The van der Waals surface area contributed by atoms with Crippen LogP contribution in [0.4, 0.5) is 18.9 Å². The van der Waals surface area contributed by atoms with E-state index in [2.05, 4.69) is 0 Å².